The van der Waals surface area contributed by atoms with E-state index in [4.69, 9.17) is 27.1 Å². The Morgan fingerprint density at radius 1 is 0.443 bits per heavy atom. The highest BCUT2D eigenvalue weighted by molar-refractivity contribution is 7.42. The third kappa shape index (κ3) is 9.15. The Morgan fingerprint density at radius 3 is 1.16 bits per heavy atom. The smallest absolute Gasteiger partial charge is 0.397 e. The largest absolute Gasteiger partial charge is 0.426 e. The summed E-state index contributed by atoms with van der Waals surface area (Å²) in [7, 11) is -3.31. The average Bonchev–Trinajstić information content (AvgIpc) is 3.29. The molecule has 2 heterocycles. The molecule has 0 amide bonds. The molecule has 2 aliphatic carbocycles. The molecule has 1 spiro atoms. The van der Waals surface area contributed by atoms with Gasteiger partial charge in [0, 0.05) is 32.8 Å². The first-order chi connectivity index (χ1) is 29.2. The topological polar surface area (TPSA) is 55.4 Å². The minimum Gasteiger partial charge on any atom is -0.426 e. The highest BCUT2D eigenvalue weighted by Crippen LogP contribution is 2.55. The molecule has 2 saturated heterocycles. The number of hydrogen-bond donors (Lipinski definition) is 0. The minimum atomic E-state index is -1.66. The molecule has 6 nitrogen and oxygen atoms in total. The molecule has 320 valence electrons. The van der Waals surface area contributed by atoms with Gasteiger partial charge in [-0.15, -0.1) is 0 Å². The van der Waals surface area contributed by atoms with Crippen molar-refractivity contribution >= 4 is 17.2 Å². The number of hydrogen-bond acceptors (Lipinski definition) is 6. The lowest BCUT2D eigenvalue weighted by Gasteiger charge is -2.42. The van der Waals surface area contributed by atoms with E-state index in [-0.39, 0.29) is 21.7 Å². The van der Waals surface area contributed by atoms with E-state index in [1.54, 1.807) is 0 Å². The summed E-state index contributed by atoms with van der Waals surface area (Å²) in [6.07, 6.45) is 18.2. The Balaban J connectivity index is 0.965. The van der Waals surface area contributed by atoms with Crippen LogP contribution >= 0.6 is 17.2 Å². The molecular formula is C53H62O6P2. The number of rotatable bonds is 12. The summed E-state index contributed by atoms with van der Waals surface area (Å²) in [6.45, 7) is 19.8. The van der Waals surface area contributed by atoms with Crippen LogP contribution in [0, 0.1) is 5.41 Å². The van der Waals surface area contributed by atoms with Gasteiger partial charge in [0.25, 0.3) is 0 Å². The summed E-state index contributed by atoms with van der Waals surface area (Å²) in [5.41, 5.74) is 8.31. The summed E-state index contributed by atoms with van der Waals surface area (Å²) < 4.78 is 39.0. The van der Waals surface area contributed by atoms with Gasteiger partial charge in [0.2, 0.25) is 0 Å². The maximum atomic E-state index is 6.68. The summed E-state index contributed by atoms with van der Waals surface area (Å²) in [5.74, 6) is 1.54. The summed E-state index contributed by atoms with van der Waals surface area (Å²) in [6, 6.07) is 34.5. The van der Waals surface area contributed by atoms with Crippen molar-refractivity contribution in [2.75, 3.05) is 26.4 Å². The lowest BCUT2D eigenvalue weighted by Crippen LogP contribution is -2.45. The quantitative estimate of drug-likeness (QED) is 0.132. The van der Waals surface area contributed by atoms with Gasteiger partial charge >= 0.3 is 17.2 Å². The van der Waals surface area contributed by atoms with Crippen molar-refractivity contribution in [3.63, 3.8) is 0 Å². The van der Waals surface area contributed by atoms with Crippen LogP contribution in [0.15, 0.2) is 145 Å². The molecule has 4 aromatic carbocycles. The van der Waals surface area contributed by atoms with Gasteiger partial charge in [0.1, 0.15) is 11.5 Å². The van der Waals surface area contributed by atoms with Gasteiger partial charge in [-0.2, -0.15) is 0 Å². The van der Waals surface area contributed by atoms with E-state index in [0.29, 0.717) is 26.4 Å². The van der Waals surface area contributed by atoms with Gasteiger partial charge in [-0.25, -0.2) is 0 Å². The van der Waals surface area contributed by atoms with Crippen molar-refractivity contribution in [3.05, 3.63) is 178 Å². The monoisotopic (exact) mass is 856 g/mol. The molecule has 0 aromatic heterocycles. The lowest BCUT2D eigenvalue weighted by molar-refractivity contribution is -0.0673. The van der Waals surface area contributed by atoms with Crippen molar-refractivity contribution in [3.8, 4) is 11.5 Å². The molecule has 4 aliphatic rings. The van der Waals surface area contributed by atoms with E-state index in [2.05, 4.69) is 189 Å². The Morgan fingerprint density at radius 2 is 0.820 bits per heavy atom. The second kappa shape index (κ2) is 17.7. The molecular weight excluding hydrogens is 795 g/mol. The molecule has 8 heteroatoms. The lowest BCUT2D eigenvalue weighted by atomic mass is 9.72. The molecule has 4 aromatic rings. The predicted molar refractivity (Wildman–Crippen MR) is 250 cm³/mol. The van der Waals surface area contributed by atoms with E-state index in [0.717, 1.165) is 48.3 Å². The van der Waals surface area contributed by atoms with Crippen LogP contribution < -0.4 is 9.05 Å². The summed E-state index contributed by atoms with van der Waals surface area (Å²) in [4.78, 5) is 0. The van der Waals surface area contributed by atoms with Gasteiger partial charge in [-0.1, -0.05) is 177 Å². The maximum absolute atomic E-state index is 6.68. The normalized spacial score (nSPS) is 22.4. The first kappa shape index (κ1) is 43.8. The zero-order valence-electron chi connectivity index (χ0n) is 37.2. The van der Waals surface area contributed by atoms with Crippen LogP contribution in [0.25, 0.3) is 0 Å². The van der Waals surface area contributed by atoms with Crippen molar-refractivity contribution < 1.29 is 27.1 Å². The van der Waals surface area contributed by atoms with Crippen molar-refractivity contribution in [1.29, 1.82) is 0 Å². The first-order valence-corrected chi connectivity index (χ1v) is 24.0. The molecule has 0 saturated carbocycles. The predicted octanol–water partition coefficient (Wildman–Crippen LogP) is 14.4. The van der Waals surface area contributed by atoms with E-state index in [9.17, 15) is 0 Å². The third-order valence-corrected chi connectivity index (χ3v) is 15.5. The van der Waals surface area contributed by atoms with Gasteiger partial charge in [0.05, 0.1) is 31.8 Å². The molecule has 0 N–H and O–H groups in total. The molecule has 2 aliphatic heterocycles. The van der Waals surface area contributed by atoms with Gasteiger partial charge in [0.15, 0.2) is 0 Å². The summed E-state index contributed by atoms with van der Waals surface area (Å²) in [5, 5.41) is 0. The van der Waals surface area contributed by atoms with E-state index in [1.165, 1.54) is 33.4 Å². The Bertz CT molecular complexity index is 2120. The number of benzene rings is 4. The van der Waals surface area contributed by atoms with Crippen LogP contribution in [0.1, 0.15) is 114 Å². The summed E-state index contributed by atoms with van der Waals surface area (Å²) >= 11 is 0. The van der Waals surface area contributed by atoms with Gasteiger partial charge < -0.3 is 27.1 Å². The van der Waals surface area contributed by atoms with E-state index < -0.39 is 22.6 Å². The highest BCUT2D eigenvalue weighted by atomic mass is 31.2. The van der Waals surface area contributed by atoms with Crippen molar-refractivity contribution in [2.45, 2.75) is 103 Å². The second-order valence-corrected chi connectivity index (χ2v) is 21.4. The minimum absolute atomic E-state index is 0.166. The van der Waals surface area contributed by atoms with Crippen LogP contribution in [0.4, 0.5) is 0 Å². The van der Waals surface area contributed by atoms with Gasteiger partial charge in [-0.3, -0.25) is 0 Å². The van der Waals surface area contributed by atoms with Crippen LogP contribution in [0.2, 0.25) is 0 Å². The zero-order valence-corrected chi connectivity index (χ0v) is 39.0. The van der Waals surface area contributed by atoms with Crippen LogP contribution in [0.5, 0.6) is 11.5 Å². The fourth-order valence-electron chi connectivity index (χ4n) is 8.83. The third-order valence-electron chi connectivity index (χ3n) is 13.4. The average molecular weight is 857 g/mol. The fraction of sp³-hybridized carbons (Fsp3) is 0.396. The number of allylic oxidation sites excluding steroid dienone is 8. The van der Waals surface area contributed by atoms with Crippen molar-refractivity contribution in [1.82, 2.24) is 0 Å². The SMILES string of the molecule is CC(C)(C1=CCCC=C1)c1ccc(OP2OCC3(CO2)COP(Oc2ccc(C(C)(C)C4=CCCC=C4)cc2C(C)(C)c2ccccc2)OC3)c(C(C)(C)c2ccccc2)c1. The van der Waals surface area contributed by atoms with E-state index >= 15 is 0 Å². The molecule has 61 heavy (non-hydrogen) atoms. The Labute approximate surface area is 367 Å². The first-order valence-electron chi connectivity index (χ1n) is 21.8. The second-order valence-electron chi connectivity index (χ2n) is 19.2. The van der Waals surface area contributed by atoms with Crippen LogP contribution in [-0.2, 0) is 39.8 Å². The molecule has 0 atom stereocenters. The van der Waals surface area contributed by atoms with Crippen LogP contribution in [-0.4, -0.2) is 26.4 Å². The maximum Gasteiger partial charge on any atom is 0.397 e. The van der Waals surface area contributed by atoms with Gasteiger partial charge in [-0.05, 0) is 71.2 Å². The van der Waals surface area contributed by atoms with E-state index in [1.807, 2.05) is 0 Å². The molecule has 0 bridgehead atoms. The Hall–Kier alpha value is -3.86. The zero-order chi connectivity index (χ0) is 42.9. The van der Waals surface area contributed by atoms with Crippen LogP contribution in [0.3, 0.4) is 0 Å². The van der Waals surface area contributed by atoms with Crippen molar-refractivity contribution in [2.24, 2.45) is 5.41 Å². The molecule has 8 rings (SSSR count). The molecule has 0 radical (unpaired) electrons. The fourth-order valence-corrected chi connectivity index (χ4v) is 11.3. The molecule has 0 unspecified atom stereocenters. The highest BCUT2D eigenvalue weighted by Gasteiger charge is 2.46. The molecule has 2 fully saturated rings. The standard InChI is InChI=1S/C53H62O6P2/c1-49(2,39-21-13-9-14-22-39)43-29-31-47(45(33-43)51(5,6)41-25-17-11-18-26-41)58-60-54-35-53(36-55-60)37-56-61(57-38-53)59-48-32-30-44(50(3,4)40-23-15-10-16-24-40)34-46(48)52(7,8)42-27-19-12-20-28-42/h11-13,15,17-34H,9-10,14,16,35-38H2,1-8H3. The Kier molecular flexibility index (Phi) is 12.7.